The molecule has 0 unspecified atom stereocenters. The fourth-order valence-corrected chi connectivity index (χ4v) is 1.38. The van der Waals surface area contributed by atoms with Gasteiger partial charge in [-0.05, 0) is 6.07 Å². The van der Waals surface area contributed by atoms with Gasteiger partial charge in [-0.1, -0.05) is 0 Å². The normalized spacial score (nSPS) is 11.6. The predicted molar refractivity (Wildman–Crippen MR) is 51.2 cm³/mol. The van der Waals surface area contributed by atoms with E-state index < -0.39 is 34.6 Å². The maximum Gasteiger partial charge on any atom is 0.419 e. The fourth-order valence-electron chi connectivity index (χ4n) is 1.38. The largest absolute Gasteiger partial charge is 0.419 e. The Bertz CT molecular complexity index is 580. The van der Waals surface area contributed by atoms with Gasteiger partial charge in [0.15, 0.2) is 5.82 Å². The molecule has 2 aromatic heterocycles. The van der Waals surface area contributed by atoms with Gasteiger partial charge in [0, 0.05) is 17.8 Å². The van der Waals surface area contributed by atoms with Gasteiger partial charge in [0.05, 0.1) is 11.8 Å². The second kappa shape index (κ2) is 4.32. The van der Waals surface area contributed by atoms with Gasteiger partial charge in [0.1, 0.15) is 17.7 Å². The van der Waals surface area contributed by atoms with E-state index in [0.717, 1.165) is 12.3 Å². The fraction of sp³-hybridized carbons (Fsp3) is 0.0909. The smallest absolute Gasteiger partial charge is 0.254 e. The van der Waals surface area contributed by atoms with E-state index in [1.54, 1.807) is 6.20 Å². The third-order valence-corrected chi connectivity index (χ3v) is 2.11. The van der Waals surface area contributed by atoms with Crippen LogP contribution in [0.25, 0.3) is 11.3 Å². The monoisotopic (exact) mass is 259 g/mol. The highest BCUT2D eigenvalue weighted by molar-refractivity contribution is 5.63. The highest BCUT2D eigenvalue weighted by Crippen LogP contribution is 2.36. The quantitative estimate of drug-likeness (QED) is 0.735. The molecule has 0 saturated carbocycles. The molecular weight excluding hydrogens is 255 g/mol. The summed E-state index contributed by atoms with van der Waals surface area (Å²) in [4.78, 5) is 6.54. The van der Waals surface area contributed by atoms with E-state index in [1.807, 2.05) is 0 Å². The van der Waals surface area contributed by atoms with Gasteiger partial charge in [0.2, 0.25) is 0 Å². The Morgan fingerprint density at radius 3 is 2.50 bits per heavy atom. The van der Waals surface area contributed by atoms with E-state index >= 15 is 0 Å². The highest BCUT2D eigenvalue weighted by atomic mass is 19.4. The zero-order valence-corrected chi connectivity index (χ0v) is 8.59. The van der Waals surface area contributed by atoms with Crippen molar-refractivity contribution < 1.29 is 22.0 Å². The molecule has 0 fully saturated rings. The molecule has 2 nitrogen and oxygen atoms in total. The first kappa shape index (κ1) is 12.4. The number of pyridine rings is 2. The van der Waals surface area contributed by atoms with Crippen LogP contribution in [0.1, 0.15) is 5.56 Å². The van der Waals surface area contributed by atoms with Crippen LogP contribution >= 0.6 is 0 Å². The molecular formula is C11H4F5N2. The van der Waals surface area contributed by atoms with E-state index in [1.165, 1.54) is 0 Å². The van der Waals surface area contributed by atoms with Gasteiger partial charge in [-0.25, -0.2) is 8.78 Å². The molecule has 0 saturated heterocycles. The molecule has 0 aliphatic heterocycles. The van der Waals surface area contributed by atoms with Crippen molar-refractivity contribution in [3.05, 3.63) is 47.9 Å². The SMILES string of the molecule is Fc1cnc(-c2ccn[c]c2C(F)(F)F)c(F)c1. The topological polar surface area (TPSA) is 25.8 Å². The van der Waals surface area contributed by atoms with Crippen molar-refractivity contribution in [1.82, 2.24) is 9.97 Å². The van der Waals surface area contributed by atoms with Crippen LogP contribution in [0.2, 0.25) is 0 Å². The summed E-state index contributed by atoms with van der Waals surface area (Å²) in [6, 6.07) is 1.41. The minimum absolute atomic E-state index is 0.461. The van der Waals surface area contributed by atoms with Crippen molar-refractivity contribution in [2.24, 2.45) is 0 Å². The lowest BCUT2D eigenvalue weighted by atomic mass is 10.1. The van der Waals surface area contributed by atoms with Crippen LogP contribution in [0.5, 0.6) is 0 Å². The van der Waals surface area contributed by atoms with Crippen LogP contribution in [0.3, 0.4) is 0 Å². The molecule has 0 atom stereocenters. The molecule has 0 aliphatic carbocycles. The van der Waals surface area contributed by atoms with Gasteiger partial charge in [-0.3, -0.25) is 9.97 Å². The zero-order valence-electron chi connectivity index (χ0n) is 8.59. The summed E-state index contributed by atoms with van der Waals surface area (Å²) in [6.07, 6.45) is -1.34. The van der Waals surface area contributed by atoms with Gasteiger partial charge in [-0.15, -0.1) is 0 Å². The Labute approximate surface area is 98.1 Å². The first-order chi connectivity index (χ1) is 8.39. The summed E-state index contributed by atoms with van der Waals surface area (Å²) in [5.41, 5.74) is -2.37. The van der Waals surface area contributed by atoms with Crippen molar-refractivity contribution in [2.75, 3.05) is 0 Å². The molecule has 2 rings (SSSR count). The number of alkyl halides is 3. The van der Waals surface area contributed by atoms with E-state index in [9.17, 15) is 22.0 Å². The molecule has 0 spiro atoms. The van der Waals surface area contributed by atoms with Crippen LogP contribution in [0, 0.1) is 17.8 Å². The Morgan fingerprint density at radius 2 is 1.89 bits per heavy atom. The average Bonchev–Trinajstić information content (AvgIpc) is 2.28. The number of halogens is 5. The maximum absolute atomic E-state index is 13.4. The lowest BCUT2D eigenvalue weighted by Gasteiger charge is -2.11. The Kier molecular flexibility index (Phi) is 2.98. The predicted octanol–water partition coefficient (Wildman–Crippen LogP) is 3.24. The highest BCUT2D eigenvalue weighted by Gasteiger charge is 2.35. The van der Waals surface area contributed by atoms with E-state index in [4.69, 9.17) is 0 Å². The number of aromatic nitrogens is 2. The summed E-state index contributed by atoms with van der Waals surface area (Å²) >= 11 is 0. The first-order valence-corrected chi connectivity index (χ1v) is 4.65. The van der Waals surface area contributed by atoms with Crippen molar-refractivity contribution in [2.45, 2.75) is 6.18 Å². The minimum Gasteiger partial charge on any atom is -0.254 e. The Balaban J connectivity index is 2.64. The third-order valence-electron chi connectivity index (χ3n) is 2.11. The standard InChI is InChI=1S/C11H4F5N2/c12-6-3-9(13)10(18-4-6)7-1-2-17-5-8(7)11(14,15)16/h1-4H. The molecule has 2 heterocycles. The van der Waals surface area contributed by atoms with E-state index in [2.05, 4.69) is 9.97 Å². The van der Waals surface area contributed by atoms with Crippen LogP contribution in [0.15, 0.2) is 24.5 Å². The zero-order chi connectivity index (χ0) is 13.3. The Morgan fingerprint density at radius 1 is 1.17 bits per heavy atom. The molecule has 0 bridgehead atoms. The molecule has 1 radical (unpaired) electrons. The number of hydrogen-bond acceptors (Lipinski definition) is 2. The lowest BCUT2D eigenvalue weighted by Crippen LogP contribution is -2.09. The molecule has 18 heavy (non-hydrogen) atoms. The van der Waals surface area contributed by atoms with Crippen molar-refractivity contribution in [3.8, 4) is 11.3 Å². The van der Waals surface area contributed by atoms with Gasteiger partial charge >= 0.3 is 6.18 Å². The van der Waals surface area contributed by atoms with Gasteiger partial charge < -0.3 is 0 Å². The molecule has 7 heteroatoms. The lowest BCUT2D eigenvalue weighted by molar-refractivity contribution is -0.137. The second-order valence-corrected chi connectivity index (χ2v) is 3.33. The summed E-state index contributed by atoms with van der Waals surface area (Å²) in [5, 5.41) is 0. The molecule has 0 N–H and O–H groups in total. The van der Waals surface area contributed by atoms with Gasteiger partial charge in [-0.2, -0.15) is 13.2 Å². The number of hydrogen-bond donors (Lipinski definition) is 0. The second-order valence-electron chi connectivity index (χ2n) is 3.33. The van der Waals surface area contributed by atoms with Crippen LogP contribution in [-0.2, 0) is 6.18 Å². The van der Waals surface area contributed by atoms with Crippen molar-refractivity contribution >= 4 is 0 Å². The third kappa shape index (κ3) is 2.29. The number of nitrogens with zero attached hydrogens (tertiary/aromatic N) is 2. The summed E-state index contributed by atoms with van der Waals surface area (Å²) < 4.78 is 64.0. The van der Waals surface area contributed by atoms with Crippen LogP contribution in [-0.4, -0.2) is 9.97 Å². The average molecular weight is 259 g/mol. The van der Waals surface area contributed by atoms with Crippen LogP contribution in [0.4, 0.5) is 22.0 Å². The molecule has 93 valence electrons. The molecule has 0 aliphatic rings. The van der Waals surface area contributed by atoms with Crippen molar-refractivity contribution in [3.63, 3.8) is 0 Å². The van der Waals surface area contributed by atoms with E-state index in [0.29, 0.717) is 12.3 Å². The first-order valence-electron chi connectivity index (χ1n) is 4.65. The summed E-state index contributed by atoms with van der Waals surface area (Å²) in [6.45, 7) is 0. The van der Waals surface area contributed by atoms with Gasteiger partial charge in [0.25, 0.3) is 0 Å². The molecule has 2 aromatic rings. The van der Waals surface area contributed by atoms with E-state index in [-0.39, 0.29) is 0 Å². The van der Waals surface area contributed by atoms with Crippen LogP contribution < -0.4 is 0 Å². The summed E-state index contributed by atoms with van der Waals surface area (Å²) in [5.74, 6) is -2.15. The maximum atomic E-state index is 13.4. The minimum atomic E-state index is -4.74. The Hall–Kier alpha value is -2.05. The molecule has 0 aromatic carbocycles. The molecule has 0 amide bonds. The van der Waals surface area contributed by atoms with Crippen molar-refractivity contribution in [1.29, 1.82) is 0 Å². The number of rotatable bonds is 1. The summed E-state index contributed by atoms with van der Waals surface area (Å²) in [7, 11) is 0.